The van der Waals surface area contributed by atoms with Crippen LogP contribution < -0.4 is 0 Å². The fraction of sp³-hybridized carbons (Fsp3) is 1.00. The normalized spacial score (nSPS) is 16.5. The average molecular weight is 171 g/mol. The molecule has 1 nitrogen and oxygen atoms in total. The van der Waals surface area contributed by atoms with E-state index in [1.807, 2.05) is 0 Å². The fourth-order valence-corrected chi connectivity index (χ4v) is 1.58. The van der Waals surface area contributed by atoms with Crippen molar-refractivity contribution in [1.29, 1.82) is 0 Å². The monoisotopic (exact) mass is 171 g/mol. The molecule has 0 radical (unpaired) electrons. The zero-order chi connectivity index (χ0) is 9.61. The van der Waals surface area contributed by atoms with Crippen LogP contribution in [-0.2, 0) is 0 Å². The number of hydrogen-bond acceptors (Lipinski definition) is 1. The second-order valence-electron chi connectivity index (χ2n) is 3.97. The molecule has 1 heteroatoms. The van der Waals surface area contributed by atoms with E-state index in [0.29, 0.717) is 5.54 Å². The highest BCUT2D eigenvalue weighted by atomic mass is 15.2. The Kier molecular flexibility index (Phi) is 5.56. The highest BCUT2D eigenvalue weighted by Gasteiger charge is 2.24. The number of unbranched alkanes of at least 4 members (excludes halogenated alkanes) is 1. The molecule has 1 atom stereocenters. The van der Waals surface area contributed by atoms with Gasteiger partial charge in [-0.3, -0.25) is 0 Å². The molecule has 0 aliphatic heterocycles. The number of hydrogen-bond donors (Lipinski definition) is 0. The SMILES string of the molecule is CCCCC(C)(CC)N(C)CC. The summed E-state index contributed by atoms with van der Waals surface area (Å²) in [6.45, 7) is 10.3. The van der Waals surface area contributed by atoms with Crippen LogP contribution in [0, 0.1) is 0 Å². The average Bonchev–Trinajstić information content (AvgIpc) is 2.12. The third kappa shape index (κ3) is 3.14. The van der Waals surface area contributed by atoms with Crippen LogP contribution in [-0.4, -0.2) is 24.0 Å². The lowest BCUT2D eigenvalue weighted by molar-refractivity contribution is 0.125. The molecule has 74 valence electrons. The summed E-state index contributed by atoms with van der Waals surface area (Å²) < 4.78 is 0. The van der Waals surface area contributed by atoms with Crippen LogP contribution in [0.2, 0.25) is 0 Å². The Morgan fingerprint density at radius 3 is 2.08 bits per heavy atom. The molecule has 12 heavy (non-hydrogen) atoms. The van der Waals surface area contributed by atoms with Gasteiger partial charge in [-0.15, -0.1) is 0 Å². The van der Waals surface area contributed by atoms with E-state index in [-0.39, 0.29) is 0 Å². The highest BCUT2D eigenvalue weighted by molar-refractivity contribution is 4.81. The van der Waals surface area contributed by atoms with Gasteiger partial charge >= 0.3 is 0 Å². The van der Waals surface area contributed by atoms with Gasteiger partial charge in [0.05, 0.1) is 0 Å². The van der Waals surface area contributed by atoms with Crippen LogP contribution in [0.5, 0.6) is 0 Å². The van der Waals surface area contributed by atoms with E-state index in [2.05, 4.69) is 39.6 Å². The summed E-state index contributed by atoms with van der Waals surface area (Å²) in [6.07, 6.45) is 5.27. The Labute approximate surface area is 78.1 Å². The Hall–Kier alpha value is -0.0400. The smallest absolute Gasteiger partial charge is 0.0175 e. The molecule has 0 spiro atoms. The van der Waals surface area contributed by atoms with Gasteiger partial charge in [0.1, 0.15) is 0 Å². The van der Waals surface area contributed by atoms with E-state index in [1.165, 1.54) is 25.7 Å². The Balaban J connectivity index is 4.03. The Morgan fingerprint density at radius 2 is 1.75 bits per heavy atom. The molecular weight excluding hydrogens is 146 g/mol. The van der Waals surface area contributed by atoms with Crippen molar-refractivity contribution >= 4 is 0 Å². The summed E-state index contributed by atoms with van der Waals surface area (Å²) in [7, 11) is 2.24. The van der Waals surface area contributed by atoms with E-state index < -0.39 is 0 Å². The van der Waals surface area contributed by atoms with E-state index >= 15 is 0 Å². The number of nitrogens with zero attached hydrogens (tertiary/aromatic N) is 1. The van der Waals surface area contributed by atoms with Crippen LogP contribution >= 0.6 is 0 Å². The molecule has 0 aliphatic rings. The molecule has 0 aromatic rings. The maximum Gasteiger partial charge on any atom is 0.0175 e. The van der Waals surface area contributed by atoms with Crippen molar-refractivity contribution in [3.63, 3.8) is 0 Å². The largest absolute Gasteiger partial charge is 0.301 e. The molecule has 0 amide bonds. The van der Waals surface area contributed by atoms with Gasteiger partial charge in [-0.25, -0.2) is 0 Å². The predicted molar refractivity (Wildman–Crippen MR) is 56.5 cm³/mol. The van der Waals surface area contributed by atoms with Crippen molar-refractivity contribution in [1.82, 2.24) is 4.90 Å². The Morgan fingerprint density at radius 1 is 1.17 bits per heavy atom. The summed E-state index contributed by atoms with van der Waals surface area (Å²) >= 11 is 0. The van der Waals surface area contributed by atoms with Crippen molar-refractivity contribution < 1.29 is 0 Å². The van der Waals surface area contributed by atoms with Crippen molar-refractivity contribution in [3.8, 4) is 0 Å². The fourth-order valence-electron chi connectivity index (χ4n) is 1.58. The Bertz CT molecular complexity index is 112. The maximum atomic E-state index is 2.47. The molecule has 0 fully saturated rings. The van der Waals surface area contributed by atoms with Crippen molar-refractivity contribution in [3.05, 3.63) is 0 Å². The first-order valence-electron chi connectivity index (χ1n) is 5.32. The second kappa shape index (κ2) is 5.58. The lowest BCUT2D eigenvalue weighted by atomic mass is 9.90. The maximum absolute atomic E-state index is 2.47. The third-order valence-corrected chi connectivity index (χ3v) is 3.23. The van der Waals surface area contributed by atoms with Crippen LogP contribution in [0.3, 0.4) is 0 Å². The molecule has 0 rings (SSSR count). The standard InChI is InChI=1S/C11H25N/c1-6-9-10-11(4,7-2)12(5)8-3/h6-10H2,1-5H3. The number of rotatable bonds is 6. The minimum absolute atomic E-state index is 0.435. The molecule has 0 saturated carbocycles. The zero-order valence-corrected chi connectivity index (χ0v) is 9.48. The summed E-state index contributed by atoms with van der Waals surface area (Å²) in [5, 5.41) is 0. The van der Waals surface area contributed by atoms with E-state index in [4.69, 9.17) is 0 Å². The molecule has 0 saturated heterocycles. The minimum Gasteiger partial charge on any atom is -0.301 e. The van der Waals surface area contributed by atoms with E-state index in [9.17, 15) is 0 Å². The summed E-state index contributed by atoms with van der Waals surface area (Å²) in [4.78, 5) is 2.47. The summed E-state index contributed by atoms with van der Waals surface area (Å²) in [5.74, 6) is 0. The quantitative estimate of drug-likeness (QED) is 0.592. The van der Waals surface area contributed by atoms with Gasteiger partial charge in [-0.2, -0.15) is 0 Å². The first-order valence-corrected chi connectivity index (χ1v) is 5.32. The minimum atomic E-state index is 0.435. The predicted octanol–water partition coefficient (Wildman–Crippen LogP) is 3.30. The topological polar surface area (TPSA) is 3.24 Å². The molecule has 0 aromatic heterocycles. The van der Waals surface area contributed by atoms with Gasteiger partial charge in [0.25, 0.3) is 0 Å². The molecule has 0 aliphatic carbocycles. The summed E-state index contributed by atoms with van der Waals surface area (Å²) in [5.41, 5.74) is 0.435. The molecular formula is C11H25N. The van der Waals surface area contributed by atoms with Crippen LogP contribution in [0.25, 0.3) is 0 Å². The lowest BCUT2D eigenvalue weighted by Crippen LogP contribution is -2.43. The molecule has 1 unspecified atom stereocenters. The van der Waals surface area contributed by atoms with Gasteiger partial charge in [0.2, 0.25) is 0 Å². The zero-order valence-electron chi connectivity index (χ0n) is 9.48. The summed E-state index contributed by atoms with van der Waals surface area (Å²) in [6, 6.07) is 0. The van der Waals surface area contributed by atoms with Crippen LogP contribution in [0.1, 0.15) is 53.4 Å². The van der Waals surface area contributed by atoms with Gasteiger partial charge in [0, 0.05) is 5.54 Å². The van der Waals surface area contributed by atoms with Crippen LogP contribution in [0.15, 0.2) is 0 Å². The molecule has 0 heterocycles. The van der Waals surface area contributed by atoms with E-state index in [0.717, 1.165) is 6.54 Å². The highest BCUT2D eigenvalue weighted by Crippen LogP contribution is 2.23. The van der Waals surface area contributed by atoms with Crippen molar-refractivity contribution in [2.75, 3.05) is 13.6 Å². The van der Waals surface area contributed by atoms with Crippen molar-refractivity contribution in [2.24, 2.45) is 0 Å². The molecule has 0 aromatic carbocycles. The first-order chi connectivity index (χ1) is 5.60. The van der Waals surface area contributed by atoms with Gasteiger partial charge in [0.15, 0.2) is 0 Å². The van der Waals surface area contributed by atoms with Gasteiger partial charge in [-0.05, 0) is 33.4 Å². The molecule has 0 N–H and O–H groups in total. The second-order valence-corrected chi connectivity index (χ2v) is 3.97. The molecule has 0 bridgehead atoms. The van der Waals surface area contributed by atoms with Crippen LogP contribution in [0.4, 0.5) is 0 Å². The lowest BCUT2D eigenvalue weighted by Gasteiger charge is -2.38. The van der Waals surface area contributed by atoms with Gasteiger partial charge < -0.3 is 4.90 Å². The van der Waals surface area contributed by atoms with Gasteiger partial charge in [-0.1, -0.05) is 33.6 Å². The van der Waals surface area contributed by atoms with E-state index in [1.54, 1.807) is 0 Å². The van der Waals surface area contributed by atoms with Crippen molar-refractivity contribution in [2.45, 2.75) is 58.9 Å². The third-order valence-electron chi connectivity index (χ3n) is 3.23. The first kappa shape index (κ1) is 12.0.